The van der Waals surface area contributed by atoms with Crippen molar-refractivity contribution in [2.75, 3.05) is 6.61 Å². The highest BCUT2D eigenvalue weighted by Gasteiger charge is 2.28. The van der Waals surface area contributed by atoms with Gasteiger partial charge in [0, 0.05) is 0 Å². The Morgan fingerprint density at radius 1 is 0.429 bits per heavy atom. The summed E-state index contributed by atoms with van der Waals surface area (Å²) in [6, 6.07) is -1.000. The molecule has 0 aromatic carbocycles. The second-order valence-electron chi connectivity index (χ2n) is 17.2. The molecule has 6 heteroatoms. The molecule has 4 atom stereocenters. The SMILES string of the molecule is CCCCCCCCCC/C=C/CCCC(O)C(O)C(CO)NC(=O)C(O)CCCCCCCCCCCCC/C=C\CCCCCCCCCCCCCC. The Labute approximate surface area is 348 Å². The van der Waals surface area contributed by atoms with Gasteiger partial charge in [0.25, 0.3) is 0 Å². The monoisotopic (exact) mass is 792 g/mol. The minimum Gasteiger partial charge on any atom is -0.394 e. The Hall–Kier alpha value is -1.21. The maximum atomic E-state index is 12.5. The van der Waals surface area contributed by atoms with E-state index in [-0.39, 0.29) is 0 Å². The summed E-state index contributed by atoms with van der Waals surface area (Å²) in [6.45, 7) is 4.04. The molecule has 0 saturated carbocycles. The second-order valence-corrected chi connectivity index (χ2v) is 17.2. The number of hydrogen-bond donors (Lipinski definition) is 5. The van der Waals surface area contributed by atoms with Crippen LogP contribution in [0.15, 0.2) is 24.3 Å². The number of hydrogen-bond acceptors (Lipinski definition) is 5. The van der Waals surface area contributed by atoms with Crippen LogP contribution < -0.4 is 5.32 Å². The molecule has 1 amide bonds. The lowest BCUT2D eigenvalue weighted by molar-refractivity contribution is -0.132. The van der Waals surface area contributed by atoms with Crippen molar-refractivity contribution in [3.8, 4) is 0 Å². The van der Waals surface area contributed by atoms with Crippen LogP contribution >= 0.6 is 0 Å². The molecular weight excluding hydrogens is 695 g/mol. The molecule has 332 valence electrons. The van der Waals surface area contributed by atoms with Gasteiger partial charge in [-0.3, -0.25) is 4.79 Å². The zero-order valence-electron chi connectivity index (χ0n) is 37.4. The maximum Gasteiger partial charge on any atom is 0.249 e. The number of amides is 1. The molecule has 0 aromatic rings. The standard InChI is InChI=1S/C50H97NO5/c1-3-5-7-9-11-13-15-17-18-19-20-21-22-23-24-25-26-27-28-29-30-32-34-36-38-40-42-44-48(54)50(56)51-46(45-52)49(55)47(53)43-41-39-37-35-33-31-16-14-12-10-8-6-4-2/h23-24,35,37,46-49,52-55H,3-22,25-34,36,38-45H2,1-2H3,(H,51,56)/b24-23-,37-35+. The first-order valence-corrected chi connectivity index (χ1v) is 24.7. The summed E-state index contributed by atoms with van der Waals surface area (Å²) in [5.74, 6) is -0.593. The highest BCUT2D eigenvalue weighted by molar-refractivity contribution is 5.80. The van der Waals surface area contributed by atoms with Crippen LogP contribution in [0.3, 0.4) is 0 Å². The Balaban J connectivity index is 3.65. The van der Waals surface area contributed by atoms with Crippen LogP contribution in [-0.4, -0.2) is 57.3 Å². The molecule has 4 unspecified atom stereocenters. The zero-order chi connectivity index (χ0) is 41.0. The molecule has 0 aliphatic carbocycles. The van der Waals surface area contributed by atoms with Crippen molar-refractivity contribution < 1.29 is 25.2 Å². The molecule has 0 spiro atoms. The fraction of sp³-hybridized carbons (Fsp3) is 0.900. The molecule has 0 aliphatic rings. The van der Waals surface area contributed by atoms with E-state index in [0.717, 1.165) is 38.5 Å². The number of nitrogens with one attached hydrogen (secondary N) is 1. The third kappa shape index (κ3) is 38.3. The Morgan fingerprint density at radius 3 is 1.07 bits per heavy atom. The number of aliphatic hydroxyl groups excluding tert-OH is 4. The van der Waals surface area contributed by atoms with Gasteiger partial charge in [-0.05, 0) is 64.2 Å². The lowest BCUT2D eigenvalue weighted by Crippen LogP contribution is -2.53. The molecule has 0 rings (SSSR count). The maximum absolute atomic E-state index is 12.5. The predicted octanol–water partition coefficient (Wildman–Crippen LogP) is 13.5. The molecule has 56 heavy (non-hydrogen) atoms. The van der Waals surface area contributed by atoms with Gasteiger partial charge in [-0.2, -0.15) is 0 Å². The minimum atomic E-state index is -1.28. The molecule has 0 heterocycles. The highest BCUT2D eigenvalue weighted by atomic mass is 16.3. The Morgan fingerprint density at radius 2 is 0.732 bits per heavy atom. The van der Waals surface area contributed by atoms with E-state index in [1.807, 2.05) is 0 Å². The van der Waals surface area contributed by atoms with Gasteiger partial charge in [0.15, 0.2) is 0 Å². The number of carbonyl (C=O) groups excluding carboxylic acids is 1. The first kappa shape index (κ1) is 54.8. The third-order valence-corrected chi connectivity index (χ3v) is 11.6. The molecule has 0 fully saturated rings. The third-order valence-electron chi connectivity index (χ3n) is 11.6. The quantitative estimate of drug-likeness (QED) is 0.0312. The number of unbranched alkanes of at least 4 members (excludes halogenated alkanes) is 32. The van der Waals surface area contributed by atoms with Gasteiger partial charge in [-0.15, -0.1) is 0 Å². The van der Waals surface area contributed by atoms with E-state index >= 15 is 0 Å². The van der Waals surface area contributed by atoms with Gasteiger partial charge in [-0.25, -0.2) is 0 Å². The van der Waals surface area contributed by atoms with Crippen LogP contribution in [0.1, 0.15) is 258 Å². The van der Waals surface area contributed by atoms with Crippen molar-refractivity contribution >= 4 is 5.91 Å². The molecule has 0 aromatic heterocycles. The van der Waals surface area contributed by atoms with Gasteiger partial charge in [0.1, 0.15) is 12.2 Å². The minimum absolute atomic E-state index is 0.364. The van der Waals surface area contributed by atoms with Crippen molar-refractivity contribution in [1.82, 2.24) is 5.32 Å². The van der Waals surface area contributed by atoms with E-state index in [0.29, 0.717) is 12.8 Å². The normalized spacial score (nSPS) is 14.2. The Bertz CT molecular complexity index is 847. The van der Waals surface area contributed by atoms with Crippen LogP contribution in [-0.2, 0) is 4.79 Å². The lowest BCUT2D eigenvalue weighted by atomic mass is 10.00. The van der Waals surface area contributed by atoms with Crippen molar-refractivity contribution in [3.63, 3.8) is 0 Å². The van der Waals surface area contributed by atoms with E-state index < -0.39 is 36.9 Å². The molecule has 0 aliphatic heterocycles. The van der Waals surface area contributed by atoms with Gasteiger partial charge in [0.05, 0.1) is 18.8 Å². The fourth-order valence-corrected chi connectivity index (χ4v) is 7.69. The summed E-state index contributed by atoms with van der Waals surface area (Å²) >= 11 is 0. The smallest absolute Gasteiger partial charge is 0.249 e. The molecule has 5 N–H and O–H groups in total. The first-order chi connectivity index (χ1) is 27.5. The van der Waals surface area contributed by atoms with Gasteiger partial charge >= 0.3 is 0 Å². The zero-order valence-corrected chi connectivity index (χ0v) is 37.4. The second kappa shape index (κ2) is 44.9. The predicted molar refractivity (Wildman–Crippen MR) is 242 cm³/mol. The van der Waals surface area contributed by atoms with Gasteiger partial charge < -0.3 is 25.7 Å². The van der Waals surface area contributed by atoms with Crippen LogP contribution in [0.5, 0.6) is 0 Å². The van der Waals surface area contributed by atoms with Gasteiger partial charge in [-0.1, -0.05) is 218 Å². The van der Waals surface area contributed by atoms with E-state index in [2.05, 4.69) is 43.5 Å². The molecule has 6 nitrogen and oxygen atoms in total. The van der Waals surface area contributed by atoms with Gasteiger partial charge in [0.2, 0.25) is 5.91 Å². The van der Waals surface area contributed by atoms with E-state index in [4.69, 9.17) is 0 Å². The lowest BCUT2D eigenvalue weighted by Gasteiger charge is -2.27. The Kier molecular flexibility index (Phi) is 43.9. The summed E-state index contributed by atoms with van der Waals surface area (Å²) in [7, 11) is 0. The van der Waals surface area contributed by atoms with Crippen LogP contribution in [0, 0.1) is 0 Å². The van der Waals surface area contributed by atoms with Crippen LogP contribution in [0.25, 0.3) is 0 Å². The van der Waals surface area contributed by atoms with Crippen LogP contribution in [0.4, 0.5) is 0 Å². The summed E-state index contributed by atoms with van der Waals surface area (Å²) in [5, 5.41) is 43.7. The van der Waals surface area contributed by atoms with Crippen molar-refractivity contribution in [2.45, 2.75) is 282 Å². The molecule has 0 radical (unpaired) electrons. The van der Waals surface area contributed by atoms with E-state index in [9.17, 15) is 25.2 Å². The average Bonchev–Trinajstić information content (AvgIpc) is 3.20. The highest BCUT2D eigenvalue weighted by Crippen LogP contribution is 2.16. The number of carbonyl (C=O) groups is 1. The van der Waals surface area contributed by atoms with E-state index in [1.54, 1.807) is 0 Å². The van der Waals surface area contributed by atoms with Crippen molar-refractivity contribution in [3.05, 3.63) is 24.3 Å². The average molecular weight is 792 g/mol. The van der Waals surface area contributed by atoms with Crippen molar-refractivity contribution in [1.29, 1.82) is 0 Å². The summed E-state index contributed by atoms with van der Waals surface area (Å²) in [5.41, 5.74) is 0. The van der Waals surface area contributed by atoms with Crippen molar-refractivity contribution in [2.24, 2.45) is 0 Å². The fourth-order valence-electron chi connectivity index (χ4n) is 7.69. The molecule has 0 bridgehead atoms. The first-order valence-electron chi connectivity index (χ1n) is 24.7. The number of rotatable bonds is 45. The number of aliphatic hydroxyl groups is 4. The van der Waals surface area contributed by atoms with Crippen LogP contribution in [0.2, 0.25) is 0 Å². The summed E-state index contributed by atoms with van der Waals surface area (Å²) < 4.78 is 0. The summed E-state index contributed by atoms with van der Waals surface area (Å²) in [6.07, 6.45) is 52.3. The summed E-state index contributed by atoms with van der Waals surface area (Å²) in [4.78, 5) is 12.5. The number of allylic oxidation sites excluding steroid dienone is 4. The largest absolute Gasteiger partial charge is 0.394 e. The molecule has 0 saturated heterocycles. The molecular formula is C50H97NO5. The topological polar surface area (TPSA) is 110 Å². The van der Waals surface area contributed by atoms with E-state index in [1.165, 1.54) is 193 Å².